The number of anilines is 1. The van der Waals surface area contributed by atoms with Gasteiger partial charge in [0.05, 0.1) is 13.2 Å². The number of rotatable bonds is 8. The Kier molecular flexibility index (Phi) is 6.53. The first-order valence-electron chi connectivity index (χ1n) is 5.56. The van der Waals surface area contributed by atoms with E-state index in [1.807, 2.05) is 25.3 Å². The van der Waals surface area contributed by atoms with E-state index in [2.05, 4.69) is 10.3 Å². The van der Waals surface area contributed by atoms with Gasteiger partial charge in [0.1, 0.15) is 5.82 Å². The Labute approximate surface area is 97.0 Å². The molecule has 0 saturated carbocycles. The van der Waals surface area contributed by atoms with Gasteiger partial charge in [0, 0.05) is 26.5 Å². The summed E-state index contributed by atoms with van der Waals surface area (Å²) in [5.74, 6) is 0.919. The second kappa shape index (κ2) is 8.07. The molecule has 0 fully saturated rings. The number of aryl methyl sites for hydroxylation is 1. The van der Waals surface area contributed by atoms with Crippen LogP contribution in [0.2, 0.25) is 0 Å². The molecule has 0 saturated heterocycles. The fourth-order valence-electron chi connectivity index (χ4n) is 1.21. The molecule has 1 rings (SSSR count). The average Bonchev–Trinajstić information content (AvgIpc) is 2.30. The first-order valence-corrected chi connectivity index (χ1v) is 5.56. The zero-order valence-corrected chi connectivity index (χ0v) is 10.0. The third-order valence-electron chi connectivity index (χ3n) is 2.11. The highest BCUT2D eigenvalue weighted by atomic mass is 16.5. The minimum absolute atomic E-state index is 0.660. The summed E-state index contributed by atoms with van der Waals surface area (Å²) in [7, 11) is 1.67. The molecule has 4 heteroatoms. The standard InChI is InChI=1S/C12H20N2O2/c1-11-4-5-12(14-10-11)13-6-3-7-16-9-8-15-2/h4-5,10H,3,6-9H2,1-2H3,(H,13,14). The van der Waals surface area contributed by atoms with Crippen molar-refractivity contribution in [1.82, 2.24) is 4.98 Å². The topological polar surface area (TPSA) is 43.4 Å². The zero-order chi connectivity index (χ0) is 11.6. The van der Waals surface area contributed by atoms with E-state index in [9.17, 15) is 0 Å². The molecule has 1 aromatic heterocycles. The van der Waals surface area contributed by atoms with E-state index in [0.717, 1.165) is 25.4 Å². The predicted molar refractivity (Wildman–Crippen MR) is 64.8 cm³/mol. The summed E-state index contributed by atoms with van der Waals surface area (Å²) >= 11 is 0. The number of pyridine rings is 1. The second-order valence-electron chi connectivity index (χ2n) is 3.61. The van der Waals surface area contributed by atoms with Gasteiger partial charge in [0.25, 0.3) is 0 Å². The smallest absolute Gasteiger partial charge is 0.125 e. The molecule has 0 bridgehead atoms. The molecular formula is C12H20N2O2. The van der Waals surface area contributed by atoms with Crippen LogP contribution in [0.3, 0.4) is 0 Å². The molecule has 0 aliphatic rings. The van der Waals surface area contributed by atoms with Crippen LogP contribution in [0.15, 0.2) is 18.3 Å². The van der Waals surface area contributed by atoms with Gasteiger partial charge < -0.3 is 14.8 Å². The lowest BCUT2D eigenvalue weighted by molar-refractivity contribution is 0.0705. The van der Waals surface area contributed by atoms with Crippen LogP contribution in [-0.4, -0.2) is 38.5 Å². The van der Waals surface area contributed by atoms with Gasteiger partial charge in [0.15, 0.2) is 0 Å². The van der Waals surface area contributed by atoms with E-state index in [-0.39, 0.29) is 0 Å². The summed E-state index contributed by atoms with van der Waals surface area (Å²) in [5.41, 5.74) is 1.17. The Morgan fingerprint density at radius 3 is 2.81 bits per heavy atom. The van der Waals surface area contributed by atoms with Crippen LogP contribution in [0, 0.1) is 6.92 Å². The summed E-state index contributed by atoms with van der Waals surface area (Å²) in [4.78, 5) is 4.25. The Bertz CT molecular complexity index is 275. The molecule has 0 amide bonds. The Morgan fingerprint density at radius 1 is 1.25 bits per heavy atom. The van der Waals surface area contributed by atoms with Gasteiger partial charge >= 0.3 is 0 Å². The Balaban J connectivity index is 2.01. The molecule has 1 N–H and O–H groups in total. The van der Waals surface area contributed by atoms with Crippen LogP contribution < -0.4 is 5.32 Å². The fraction of sp³-hybridized carbons (Fsp3) is 0.583. The number of nitrogens with zero attached hydrogens (tertiary/aromatic N) is 1. The van der Waals surface area contributed by atoms with E-state index < -0.39 is 0 Å². The highest BCUT2D eigenvalue weighted by Gasteiger charge is 1.93. The van der Waals surface area contributed by atoms with Crippen LogP contribution in [0.1, 0.15) is 12.0 Å². The van der Waals surface area contributed by atoms with Crippen LogP contribution in [0.4, 0.5) is 5.82 Å². The summed E-state index contributed by atoms with van der Waals surface area (Å²) in [6.45, 7) is 4.98. The lowest BCUT2D eigenvalue weighted by Crippen LogP contribution is -2.09. The monoisotopic (exact) mass is 224 g/mol. The summed E-state index contributed by atoms with van der Waals surface area (Å²) in [6.07, 6.45) is 2.83. The maximum absolute atomic E-state index is 5.35. The summed E-state index contributed by atoms with van der Waals surface area (Å²) in [5, 5.41) is 3.24. The van der Waals surface area contributed by atoms with Gasteiger partial charge in [-0.05, 0) is 25.0 Å². The Hall–Kier alpha value is -1.13. The van der Waals surface area contributed by atoms with Gasteiger partial charge in [-0.1, -0.05) is 6.07 Å². The first kappa shape index (κ1) is 12.9. The SMILES string of the molecule is COCCOCCCNc1ccc(C)cn1. The second-order valence-corrected chi connectivity index (χ2v) is 3.61. The largest absolute Gasteiger partial charge is 0.382 e. The number of nitrogens with one attached hydrogen (secondary N) is 1. The van der Waals surface area contributed by atoms with Crippen LogP contribution in [-0.2, 0) is 9.47 Å². The zero-order valence-electron chi connectivity index (χ0n) is 10.0. The van der Waals surface area contributed by atoms with Crippen molar-refractivity contribution in [1.29, 1.82) is 0 Å². The molecule has 0 aromatic carbocycles. The highest BCUT2D eigenvalue weighted by Crippen LogP contribution is 2.03. The maximum Gasteiger partial charge on any atom is 0.125 e. The van der Waals surface area contributed by atoms with Crippen molar-refractivity contribution in [2.75, 3.05) is 38.8 Å². The van der Waals surface area contributed by atoms with Crippen molar-refractivity contribution in [3.05, 3.63) is 23.9 Å². The quantitative estimate of drug-likeness (QED) is 0.684. The molecule has 0 aliphatic carbocycles. The van der Waals surface area contributed by atoms with Gasteiger partial charge in [-0.2, -0.15) is 0 Å². The third kappa shape index (κ3) is 5.68. The minimum atomic E-state index is 0.660. The first-order chi connectivity index (χ1) is 7.83. The fourth-order valence-corrected chi connectivity index (χ4v) is 1.21. The van der Waals surface area contributed by atoms with E-state index in [1.54, 1.807) is 7.11 Å². The van der Waals surface area contributed by atoms with E-state index in [1.165, 1.54) is 5.56 Å². The van der Waals surface area contributed by atoms with E-state index >= 15 is 0 Å². The maximum atomic E-state index is 5.35. The molecule has 0 radical (unpaired) electrons. The van der Waals surface area contributed by atoms with E-state index in [0.29, 0.717) is 13.2 Å². The summed E-state index contributed by atoms with van der Waals surface area (Å²) in [6, 6.07) is 4.03. The van der Waals surface area contributed by atoms with Crippen LogP contribution >= 0.6 is 0 Å². The normalized spacial score (nSPS) is 10.4. The van der Waals surface area contributed by atoms with Crippen molar-refractivity contribution in [3.63, 3.8) is 0 Å². The molecule has 0 atom stereocenters. The van der Waals surface area contributed by atoms with Gasteiger partial charge in [-0.15, -0.1) is 0 Å². The number of aromatic nitrogens is 1. The lowest BCUT2D eigenvalue weighted by Gasteiger charge is -2.06. The number of hydrogen-bond acceptors (Lipinski definition) is 4. The molecule has 1 aromatic rings. The van der Waals surface area contributed by atoms with Crippen molar-refractivity contribution < 1.29 is 9.47 Å². The number of hydrogen-bond donors (Lipinski definition) is 1. The van der Waals surface area contributed by atoms with Gasteiger partial charge in [-0.25, -0.2) is 4.98 Å². The van der Waals surface area contributed by atoms with E-state index in [4.69, 9.17) is 9.47 Å². The Morgan fingerprint density at radius 2 is 2.12 bits per heavy atom. The van der Waals surface area contributed by atoms with Gasteiger partial charge in [-0.3, -0.25) is 0 Å². The minimum Gasteiger partial charge on any atom is -0.382 e. The lowest BCUT2D eigenvalue weighted by atomic mass is 10.3. The molecule has 0 unspecified atom stereocenters. The predicted octanol–water partition coefficient (Wildman–Crippen LogP) is 1.86. The average molecular weight is 224 g/mol. The third-order valence-corrected chi connectivity index (χ3v) is 2.11. The van der Waals surface area contributed by atoms with Crippen LogP contribution in [0.25, 0.3) is 0 Å². The highest BCUT2D eigenvalue weighted by molar-refractivity contribution is 5.34. The molecule has 1 heterocycles. The number of ether oxygens (including phenoxy) is 2. The molecule has 0 spiro atoms. The van der Waals surface area contributed by atoms with Crippen molar-refractivity contribution in [2.24, 2.45) is 0 Å². The van der Waals surface area contributed by atoms with Crippen molar-refractivity contribution in [3.8, 4) is 0 Å². The van der Waals surface area contributed by atoms with Gasteiger partial charge in [0.2, 0.25) is 0 Å². The molecule has 90 valence electrons. The molecular weight excluding hydrogens is 204 g/mol. The van der Waals surface area contributed by atoms with Crippen LogP contribution in [0.5, 0.6) is 0 Å². The number of methoxy groups -OCH3 is 1. The molecule has 16 heavy (non-hydrogen) atoms. The van der Waals surface area contributed by atoms with Crippen molar-refractivity contribution >= 4 is 5.82 Å². The van der Waals surface area contributed by atoms with Crippen molar-refractivity contribution in [2.45, 2.75) is 13.3 Å². The molecule has 4 nitrogen and oxygen atoms in total. The summed E-state index contributed by atoms with van der Waals surface area (Å²) < 4.78 is 10.2. The molecule has 0 aliphatic heterocycles.